The molecule has 0 unspecified atom stereocenters. The molecule has 2 rings (SSSR count). The zero-order valence-electron chi connectivity index (χ0n) is 15.1. The van der Waals surface area contributed by atoms with Crippen molar-refractivity contribution in [2.45, 2.75) is 13.8 Å². The van der Waals surface area contributed by atoms with E-state index in [1.54, 1.807) is 0 Å². The molecule has 9 nitrogen and oxygen atoms in total. The van der Waals surface area contributed by atoms with E-state index in [-0.39, 0.29) is 21.1 Å². The van der Waals surface area contributed by atoms with E-state index >= 15 is 0 Å². The highest BCUT2D eigenvalue weighted by Crippen LogP contribution is 2.23. The average molecular weight is 429 g/mol. The fourth-order valence-corrected chi connectivity index (χ4v) is 2.45. The molecule has 28 heavy (non-hydrogen) atoms. The Morgan fingerprint density at radius 3 is 2.18 bits per heavy atom. The molecule has 0 aliphatic carbocycles. The summed E-state index contributed by atoms with van der Waals surface area (Å²) in [4.78, 5) is 52.8. The molecular formula is C16H14ClFN4O5S. The largest absolute Gasteiger partial charge is 0.367 e. The van der Waals surface area contributed by atoms with E-state index in [1.807, 2.05) is 0 Å². The average Bonchev–Trinajstić information content (AvgIpc) is 2.64. The van der Waals surface area contributed by atoms with Crippen molar-refractivity contribution in [3.05, 3.63) is 54.3 Å². The molecule has 1 heterocycles. The van der Waals surface area contributed by atoms with Crippen LogP contribution in [0.2, 0.25) is 5.02 Å². The number of nitrogens with zero attached hydrogens (tertiary/aromatic N) is 4. The van der Waals surface area contributed by atoms with Gasteiger partial charge in [0.2, 0.25) is 0 Å². The van der Waals surface area contributed by atoms with Gasteiger partial charge in [-0.1, -0.05) is 16.8 Å². The standard InChI is InChI=1S/C16H14ClFN4O5S/c1-7(8(2)23)19-27-13(24)9-5-12(11(18)6-10(9)17)22-14(25)20(3)16(28)21(4)15(22)26/h5-6H,1-4H3. The predicted octanol–water partition coefficient (Wildman–Crippen LogP) is 1.52. The van der Waals surface area contributed by atoms with Gasteiger partial charge < -0.3 is 4.84 Å². The van der Waals surface area contributed by atoms with Crippen LogP contribution in [-0.2, 0) is 23.7 Å². The molecule has 0 N–H and O–H groups in total. The fourth-order valence-electron chi connectivity index (χ4n) is 2.07. The zero-order chi connectivity index (χ0) is 21.3. The number of halogens is 2. The fraction of sp³-hybridized carbons (Fsp3) is 0.250. The molecule has 0 aliphatic rings. The summed E-state index contributed by atoms with van der Waals surface area (Å²) in [5.41, 5.74) is -2.81. The first kappa shape index (κ1) is 21.4. The third kappa shape index (κ3) is 3.85. The van der Waals surface area contributed by atoms with Gasteiger partial charge >= 0.3 is 17.3 Å². The number of hydrogen-bond acceptors (Lipinski definition) is 7. The van der Waals surface area contributed by atoms with Gasteiger partial charge in [0.25, 0.3) is 0 Å². The summed E-state index contributed by atoms with van der Waals surface area (Å²) in [6.45, 7) is 2.55. The van der Waals surface area contributed by atoms with Crippen molar-refractivity contribution in [2.75, 3.05) is 0 Å². The van der Waals surface area contributed by atoms with Crippen molar-refractivity contribution in [3.8, 4) is 5.69 Å². The Kier molecular flexibility index (Phi) is 6.10. The van der Waals surface area contributed by atoms with E-state index in [4.69, 9.17) is 23.8 Å². The van der Waals surface area contributed by atoms with Crippen molar-refractivity contribution < 1.29 is 18.8 Å². The van der Waals surface area contributed by atoms with E-state index < -0.39 is 34.6 Å². The van der Waals surface area contributed by atoms with Crippen molar-refractivity contribution in [1.29, 1.82) is 0 Å². The lowest BCUT2D eigenvalue weighted by Crippen LogP contribution is -2.43. The monoisotopic (exact) mass is 428 g/mol. The van der Waals surface area contributed by atoms with Crippen molar-refractivity contribution in [1.82, 2.24) is 13.7 Å². The Labute approximate surface area is 167 Å². The number of carbonyl (C=O) groups is 2. The van der Waals surface area contributed by atoms with Gasteiger partial charge in [-0.05, 0) is 31.3 Å². The summed E-state index contributed by atoms with van der Waals surface area (Å²) in [6, 6.07) is 1.63. The molecule has 0 bridgehead atoms. The van der Waals surface area contributed by atoms with Gasteiger partial charge in [-0.3, -0.25) is 13.9 Å². The molecule has 0 aliphatic heterocycles. The van der Waals surface area contributed by atoms with Crippen LogP contribution in [-0.4, -0.2) is 31.2 Å². The SMILES string of the molecule is CC(=O)C(C)=NOC(=O)c1cc(-n2c(=O)n(C)c(=S)n(C)c2=O)c(F)cc1Cl. The van der Waals surface area contributed by atoms with Crippen LogP contribution in [0, 0.1) is 10.6 Å². The number of rotatable bonds is 4. The van der Waals surface area contributed by atoms with Crippen LogP contribution >= 0.6 is 23.8 Å². The highest BCUT2D eigenvalue weighted by atomic mass is 35.5. The normalized spacial score (nSPS) is 11.4. The molecule has 0 atom stereocenters. The minimum Gasteiger partial charge on any atom is -0.312 e. The van der Waals surface area contributed by atoms with Crippen LogP contribution in [0.5, 0.6) is 0 Å². The van der Waals surface area contributed by atoms with Crippen LogP contribution < -0.4 is 11.4 Å². The lowest BCUT2D eigenvalue weighted by molar-refractivity contribution is -0.111. The van der Waals surface area contributed by atoms with Gasteiger partial charge in [-0.25, -0.2) is 23.3 Å². The summed E-state index contributed by atoms with van der Waals surface area (Å²) in [6.07, 6.45) is 0. The summed E-state index contributed by atoms with van der Waals surface area (Å²) in [5, 5.41) is 3.02. The first-order valence-electron chi connectivity index (χ1n) is 7.62. The number of oxime groups is 1. The molecule has 1 aromatic heterocycles. The maximum Gasteiger partial charge on any atom is 0.367 e. The first-order chi connectivity index (χ1) is 13.0. The van der Waals surface area contributed by atoms with E-state index in [9.17, 15) is 23.6 Å². The molecule has 12 heteroatoms. The molecule has 2 aromatic rings. The number of benzene rings is 1. The molecule has 0 spiro atoms. The van der Waals surface area contributed by atoms with Crippen molar-refractivity contribution in [2.24, 2.45) is 19.3 Å². The molecule has 0 amide bonds. The quantitative estimate of drug-likeness (QED) is 0.316. The Morgan fingerprint density at radius 1 is 1.14 bits per heavy atom. The lowest BCUT2D eigenvalue weighted by atomic mass is 10.2. The molecule has 0 saturated heterocycles. The van der Waals surface area contributed by atoms with Gasteiger partial charge in [0.1, 0.15) is 11.5 Å². The minimum atomic E-state index is -1.11. The second kappa shape index (κ2) is 7.98. The Hall–Kier alpha value is -2.92. The van der Waals surface area contributed by atoms with E-state index in [0.29, 0.717) is 4.57 Å². The van der Waals surface area contributed by atoms with Gasteiger partial charge in [0.15, 0.2) is 10.6 Å². The number of carbonyl (C=O) groups excluding carboxylic acids is 2. The molecule has 0 saturated carbocycles. The number of ketones is 1. The van der Waals surface area contributed by atoms with Gasteiger partial charge in [0, 0.05) is 21.0 Å². The molecule has 148 valence electrons. The summed E-state index contributed by atoms with van der Waals surface area (Å²) in [7, 11) is 2.62. The summed E-state index contributed by atoms with van der Waals surface area (Å²) in [5.74, 6) is -2.56. The van der Waals surface area contributed by atoms with Crippen LogP contribution in [0.25, 0.3) is 5.69 Å². The third-order valence-corrected chi connectivity index (χ3v) is 4.66. The Balaban J connectivity index is 2.70. The first-order valence-corrected chi connectivity index (χ1v) is 8.41. The van der Waals surface area contributed by atoms with Crippen LogP contribution in [0.3, 0.4) is 0 Å². The maximum absolute atomic E-state index is 14.5. The van der Waals surface area contributed by atoms with E-state index in [1.165, 1.54) is 27.9 Å². The number of aromatic nitrogens is 3. The predicted molar refractivity (Wildman–Crippen MR) is 101 cm³/mol. The van der Waals surface area contributed by atoms with Crippen LogP contribution in [0.15, 0.2) is 26.9 Å². The lowest BCUT2D eigenvalue weighted by Gasteiger charge is -2.12. The van der Waals surface area contributed by atoms with Crippen LogP contribution in [0.4, 0.5) is 4.39 Å². The van der Waals surface area contributed by atoms with E-state index in [0.717, 1.165) is 21.3 Å². The van der Waals surface area contributed by atoms with Crippen molar-refractivity contribution >= 4 is 41.3 Å². The summed E-state index contributed by atoms with van der Waals surface area (Å²) >= 11 is 10.8. The molecule has 1 aromatic carbocycles. The van der Waals surface area contributed by atoms with Gasteiger partial charge in [-0.2, -0.15) is 0 Å². The molecule has 0 fully saturated rings. The molecule has 0 radical (unpaired) electrons. The smallest absolute Gasteiger partial charge is 0.312 e. The van der Waals surface area contributed by atoms with E-state index in [2.05, 4.69) is 9.99 Å². The van der Waals surface area contributed by atoms with Gasteiger partial charge in [0.05, 0.1) is 16.3 Å². The second-order valence-corrected chi connectivity index (χ2v) is 6.47. The topological polar surface area (TPSA) is 105 Å². The van der Waals surface area contributed by atoms with Crippen molar-refractivity contribution in [3.63, 3.8) is 0 Å². The zero-order valence-corrected chi connectivity index (χ0v) is 16.7. The van der Waals surface area contributed by atoms with Crippen LogP contribution in [0.1, 0.15) is 24.2 Å². The minimum absolute atomic E-state index is 0.0747. The highest BCUT2D eigenvalue weighted by Gasteiger charge is 2.21. The number of hydrogen-bond donors (Lipinski definition) is 0. The maximum atomic E-state index is 14.5. The van der Waals surface area contributed by atoms with Gasteiger partial charge in [-0.15, -0.1) is 0 Å². The number of Topliss-reactive ketones (excluding diaryl/α,β-unsaturated/α-hetero) is 1. The third-order valence-electron chi connectivity index (χ3n) is 3.80. The Morgan fingerprint density at radius 2 is 1.68 bits per heavy atom. The summed E-state index contributed by atoms with van der Waals surface area (Å²) < 4.78 is 16.8. The molecular weight excluding hydrogens is 415 g/mol. The Bertz CT molecular complexity index is 1170. The highest BCUT2D eigenvalue weighted by molar-refractivity contribution is 7.71. The second-order valence-electron chi connectivity index (χ2n) is 5.70.